The predicted molar refractivity (Wildman–Crippen MR) is 76.7 cm³/mol. The van der Waals surface area contributed by atoms with Crippen LogP contribution >= 0.6 is 15.9 Å². The molecule has 0 aliphatic carbocycles. The quantitative estimate of drug-likeness (QED) is 0.593. The Bertz CT molecular complexity index is 649. The fourth-order valence-corrected chi connectivity index (χ4v) is 1.84. The van der Waals surface area contributed by atoms with Gasteiger partial charge < -0.3 is 5.32 Å². The first-order valence-electron chi connectivity index (χ1n) is 5.41. The Balaban J connectivity index is 2.39. The zero-order valence-electron chi connectivity index (χ0n) is 10.1. The molecule has 0 amide bonds. The van der Waals surface area contributed by atoms with Crippen LogP contribution in [0.2, 0.25) is 0 Å². The lowest BCUT2D eigenvalue weighted by Gasteiger charge is -2.11. The van der Waals surface area contributed by atoms with Crippen LogP contribution in [-0.4, -0.2) is 9.97 Å². The Morgan fingerprint density at radius 1 is 1.42 bits per heavy atom. The molecule has 4 N–H and O–H groups in total. The van der Waals surface area contributed by atoms with Gasteiger partial charge in [-0.05, 0) is 25.1 Å². The predicted octanol–water partition coefficient (Wildman–Crippen LogP) is 2.45. The van der Waals surface area contributed by atoms with Crippen molar-refractivity contribution in [1.29, 1.82) is 5.26 Å². The van der Waals surface area contributed by atoms with Crippen LogP contribution in [0.25, 0.3) is 0 Å². The molecule has 1 heterocycles. The third-order valence-corrected chi connectivity index (χ3v) is 2.95. The number of halogens is 1. The van der Waals surface area contributed by atoms with E-state index in [2.05, 4.69) is 42.7 Å². The van der Waals surface area contributed by atoms with Crippen molar-refractivity contribution in [3.8, 4) is 6.07 Å². The molecule has 0 bridgehead atoms. The molecule has 0 unspecified atom stereocenters. The molecule has 0 spiro atoms. The second kappa shape index (κ2) is 5.65. The maximum absolute atomic E-state index is 9.12. The minimum absolute atomic E-state index is 0.309. The normalized spacial score (nSPS) is 9.79. The fraction of sp³-hybridized carbons (Fsp3) is 0.0833. The van der Waals surface area contributed by atoms with Crippen LogP contribution in [-0.2, 0) is 0 Å². The Labute approximate surface area is 118 Å². The molecule has 2 rings (SSSR count). The highest BCUT2D eigenvalue weighted by atomic mass is 79.9. The van der Waals surface area contributed by atoms with Crippen molar-refractivity contribution in [1.82, 2.24) is 9.97 Å². The van der Waals surface area contributed by atoms with Crippen molar-refractivity contribution in [3.63, 3.8) is 0 Å². The molecule has 1 aromatic heterocycles. The van der Waals surface area contributed by atoms with E-state index in [-0.39, 0.29) is 0 Å². The number of hydrogen-bond acceptors (Lipinski definition) is 6. The van der Waals surface area contributed by atoms with Gasteiger partial charge in [-0.2, -0.15) is 10.2 Å². The first-order valence-corrected chi connectivity index (χ1v) is 6.20. The zero-order valence-corrected chi connectivity index (χ0v) is 11.7. The van der Waals surface area contributed by atoms with Gasteiger partial charge in [0.15, 0.2) is 0 Å². The van der Waals surface area contributed by atoms with Crippen LogP contribution in [0.4, 0.5) is 17.5 Å². The van der Waals surface area contributed by atoms with E-state index < -0.39 is 0 Å². The number of rotatable bonds is 3. The summed E-state index contributed by atoms with van der Waals surface area (Å²) in [6, 6.07) is 7.52. The topological polar surface area (TPSA) is 99.7 Å². The van der Waals surface area contributed by atoms with Crippen molar-refractivity contribution in [3.05, 3.63) is 40.0 Å². The van der Waals surface area contributed by atoms with Crippen LogP contribution in [0.3, 0.4) is 0 Å². The number of nitriles is 1. The fourth-order valence-electron chi connectivity index (χ4n) is 1.48. The molecule has 0 radical (unpaired) electrons. The van der Waals surface area contributed by atoms with Crippen LogP contribution < -0.4 is 16.6 Å². The van der Waals surface area contributed by atoms with Gasteiger partial charge in [-0.25, -0.2) is 10.8 Å². The number of aryl methyl sites for hydroxylation is 1. The van der Waals surface area contributed by atoms with Crippen molar-refractivity contribution >= 4 is 33.4 Å². The number of nitrogens with two attached hydrogens (primary N) is 1. The maximum Gasteiger partial charge on any atom is 0.239 e. The van der Waals surface area contributed by atoms with Crippen molar-refractivity contribution < 1.29 is 0 Å². The SMILES string of the molecule is Cc1cnc(NN)nc1Nc1ccc(Br)cc1C#N. The summed E-state index contributed by atoms with van der Waals surface area (Å²) in [5.41, 5.74) is 4.44. The van der Waals surface area contributed by atoms with Crippen LogP contribution in [0.5, 0.6) is 0 Å². The number of nitrogens with one attached hydrogen (secondary N) is 2. The molecule has 0 aliphatic rings. The summed E-state index contributed by atoms with van der Waals surface area (Å²) in [6.45, 7) is 1.87. The zero-order chi connectivity index (χ0) is 13.8. The van der Waals surface area contributed by atoms with Gasteiger partial charge in [0.25, 0.3) is 0 Å². The maximum atomic E-state index is 9.12. The number of hydrogen-bond donors (Lipinski definition) is 3. The molecule has 0 atom stereocenters. The Morgan fingerprint density at radius 2 is 2.21 bits per heavy atom. The number of aromatic nitrogens is 2. The summed E-state index contributed by atoms with van der Waals surface area (Å²) in [5, 5.41) is 12.2. The van der Waals surface area contributed by atoms with Crippen molar-refractivity contribution in [2.75, 3.05) is 10.7 Å². The van der Waals surface area contributed by atoms with Crippen molar-refractivity contribution in [2.45, 2.75) is 6.92 Å². The van der Waals surface area contributed by atoms with Gasteiger partial charge in [0.2, 0.25) is 5.95 Å². The number of nitrogens with zero attached hydrogens (tertiary/aromatic N) is 3. The Morgan fingerprint density at radius 3 is 2.89 bits per heavy atom. The summed E-state index contributed by atoms with van der Waals surface area (Å²) in [6.07, 6.45) is 1.65. The van der Waals surface area contributed by atoms with E-state index in [1.807, 2.05) is 13.0 Å². The van der Waals surface area contributed by atoms with E-state index in [1.54, 1.807) is 18.3 Å². The first-order chi connectivity index (χ1) is 9.13. The highest BCUT2D eigenvalue weighted by Gasteiger charge is 2.07. The molecule has 0 saturated carbocycles. The van der Waals surface area contributed by atoms with Gasteiger partial charge in [-0.1, -0.05) is 15.9 Å². The summed E-state index contributed by atoms with van der Waals surface area (Å²) >= 11 is 3.33. The molecule has 19 heavy (non-hydrogen) atoms. The molecule has 6 nitrogen and oxygen atoms in total. The van der Waals surface area contributed by atoms with Crippen LogP contribution in [0, 0.1) is 18.3 Å². The molecule has 0 fully saturated rings. The third kappa shape index (κ3) is 2.99. The second-order valence-electron chi connectivity index (χ2n) is 3.80. The summed E-state index contributed by atoms with van der Waals surface area (Å²) in [7, 11) is 0. The molecular weight excluding hydrogens is 308 g/mol. The minimum Gasteiger partial charge on any atom is -0.339 e. The number of benzene rings is 1. The molecule has 0 aliphatic heterocycles. The molecule has 2 aromatic rings. The summed E-state index contributed by atoms with van der Waals surface area (Å²) in [4.78, 5) is 8.20. The summed E-state index contributed by atoms with van der Waals surface area (Å²) in [5.74, 6) is 6.18. The van der Waals surface area contributed by atoms with Gasteiger partial charge in [-0.15, -0.1) is 0 Å². The van der Waals surface area contributed by atoms with Gasteiger partial charge >= 0.3 is 0 Å². The number of hydrazine groups is 1. The standard InChI is InChI=1S/C12H11BrN6/c1-7-6-16-12(19-15)18-11(7)17-10-3-2-9(13)4-8(10)5-14/h2-4,6H,15H2,1H3,(H2,16,17,18,19). The highest BCUT2D eigenvalue weighted by Crippen LogP contribution is 2.24. The van der Waals surface area contributed by atoms with Gasteiger partial charge in [-0.3, -0.25) is 5.43 Å². The van der Waals surface area contributed by atoms with Crippen LogP contribution in [0.15, 0.2) is 28.9 Å². The van der Waals surface area contributed by atoms with E-state index in [4.69, 9.17) is 11.1 Å². The first kappa shape index (κ1) is 13.3. The average Bonchev–Trinajstić information content (AvgIpc) is 2.43. The smallest absolute Gasteiger partial charge is 0.239 e. The van der Waals surface area contributed by atoms with E-state index >= 15 is 0 Å². The number of anilines is 3. The van der Waals surface area contributed by atoms with Gasteiger partial charge in [0, 0.05) is 16.2 Å². The lowest BCUT2D eigenvalue weighted by Crippen LogP contribution is -2.11. The molecule has 96 valence electrons. The van der Waals surface area contributed by atoms with Crippen LogP contribution in [0.1, 0.15) is 11.1 Å². The number of nitrogen functional groups attached to an aromatic ring is 1. The molecular formula is C12H11BrN6. The third-order valence-electron chi connectivity index (χ3n) is 2.46. The second-order valence-corrected chi connectivity index (χ2v) is 4.71. The van der Waals surface area contributed by atoms with E-state index in [9.17, 15) is 0 Å². The molecule has 7 heteroatoms. The Hall–Kier alpha value is -2.17. The van der Waals surface area contributed by atoms with Crippen molar-refractivity contribution in [2.24, 2.45) is 5.84 Å². The average molecular weight is 319 g/mol. The van der Waals surface area contributed by atoms with Gasteiger partial charge in [0.1, 0.15) is 11.9 Å². The van der Waals surface area contributed by atoms with E-state index in [0.29, 0.717) is 23.0 Å². The monoisotopic (exact) mass is 318 g/mol. The lowest BCUT2D eigenvalue weighted by molar-refractivity contribution is 1.09. The van der Waals surface area contributed by atoms with E-state index in [1.165, 1.54) is 0 Å². The minimum atomic E-state index is 0.309. The lowest BCUT2D eigenvalue weighted by atomic mass is 10.2. The highest BCUT2D eigenvalue weighted by molar-refractivity contribution is 9.10. The largest absolute Gasteiger partial charge is 0.339 e. The van der Waals surface area contributed by atoms with E-state index in [0.717, 1.165) is 10.0 Å². The molecule has 0 saturated heterocycles. The molecule has 1 aromatic carbocycles. The van der Waals surface area contributed by atoms with Gasteiger partial charge in [0.05, 0.1) is 11.3 Å². The summed E-state index contributed by atoms with van der Waals surface area (Å²) < 4.78 is 0.846. The Kier molecular flexibility index (Phi) is 3.94.